The Bertz CT molecular complexity index is 1110. The average molecular weight is 519 g/mol. The Balaban J connectivity index is 1.79. The smallest absolute Gasteiger partial charge is 0.257 e. The van der Waals surface area contributed by atoms with Gasteiger partial charge in [0.2, 0.25) is 5.88 Å². The van der Waals surface area contributed by atoms with Gasteiger partial charge in [0.05, 0.1) is 12.7 Å². The highest BCUT2D eigenvalue weighted by molar-refractivity contribution is 6.13. The van der Waals surface area contributed by atoms with Crippen molar-refractivity contribution in [3.8, 4) is 5.75 Å². The zero-order valence-corrected chi connectivity index (χ0v) is 23.4. The van der Waals surface area contributed by atoms with Crippen molar-refractivity contribution >= 4 is 12.1 Å². The van der Waals surface area contributed by atoms with Crippen LogP contribution in [-0.2, 0) is 16.1 Å². The SMILES string of the molecule is C=C(N=CC1=C(C(C)CC)N(C)CCN(Cc2ccc(OC(CCNC)c3ccccc3)cc2)C1=O)OC. The summed E-state index contributed by atoms with van der Waals surface area (Å²) in [6.45, 7) is 10.8. The highest BCUT2D eigenvalue weighted by atomic mass is 16.5. The van der Waals surface area contributed by atoms with Crippen LogP contribution < -0.4 is 10.1 Å². The summed E-state index contributed by atoms with van der Waals surface area (Å²) in [7, 11) is 5.51. The monoisotopic (exact) mass is 518 g/mol. The summed E-state index contributed by atoms with van der Waals surface area (Å²) in [5.74, 6) is 1.27. The molecule has 7 nitrogen and oxygen atoms in total. The van der Waals surface area contributed by atoms with Crippen molar-refractivity contribution < 1.29 is 14.3 Å². The van der Waals surface area contributed by atoms with E-state index >= 15 is 0 Å². The minimum absolute atomic E-state index is 0.0335. The largest absolute Gasteiger partial charge is 0.486 e. The number of benzene rings is 2. The molecule has 0 aliphatic carbocycles. The lowest BCUT2D eigenvalue weighted by Crippen LogP contribution is -2.34. The Hall–Kier alpha value is -3.58. The van der Waals surface area contributed by atoms with E-state index in [0.717, 1.165) is 48.5 Å². The minimum atomic E-state index is -0.0370. The molecule has 2 atom stereocenters. The second-order valence-electron chi connectivity index (χ2n) is 9.67. The number of amides is 1. The van der Waals surface area contributed by atoms with Crippen molar-refractivity contribution in [1.29, 1.82) is 0 Å². The van der Waals surface area contributed by atoms with Crippen LogP contribution in [0.25, 0.3) is 0 Å². The van der Waals surface area contributed by atoms with Gasteiger partial charge in [-0.05, 0) is 55.8 Å². The minimum Gasteiger partial charge on any atom is -0.486 e. The van der Waals surface area contributed by atoms with Gasteiger partial charge < -0.3 is 24.6 Å². The van der Waals surface area contributed by atoms with E-state index in [9.17, 15) is 4.79 Å². The van der Waals surface area contributed by atoms with E-state index in [0.29, 0.717) is 18.7 Å². The van der Waals surface area contributed by atoms with Crippen LogP contribution in [-0.4, -0.2) is 62.8 Å². The molecule has 1 aliphatic heterocycles. The van der Waals surface area contributed by atoms with Gasteiger partial charge in [0.25, 0.3) is 5.91 Å². The summed E-state index contributed by atoms with van der Waals surface area (Å²) >= 11 is 0. The Kier molecular flexibility index (Phi) is 11.0. The predicted octanol–water partition coefficient (Wildman–Crippen LogP) is 5.18. The predicted molar refractivity (Wildman–Crippen MR) is 154 cm³/mol. The van der Waals surface area contributed by atoms with Crippen molar-refractivity contribution in [1.82, 2.24) is 15.1 Å². The number of methoxy groups -OCH3 is 1. The Morgan fingerprint density at radius 2 is 1.87 bits per heavy atom. The fourth-order valence-electron chi connectivity index (χ4n) is 4.57. The number of hydrogen-bond acceptors (Lipinski definition) is 6. The van der Waals surface area contributed by atoms with Gasteiger partial charge in [0, 0.05) is 45.0 Å². The van der Waals surface area contributed by atoms with Crippen LogP contribution in [0.1, 0.15) is 43.9 Å². The number of hydrogen-bond donors (Lipinski definition) is 1. The standard InChI is InChI=1S/C31H42N4O3/c1-7-23(2)30-28(21-33-24(3)37-6)31(36)35(20-19-34(30)5)22-25-13-15-27(16-14-25)38-29(17-18-32-4)26-11-9-8-10-12-26/h8-16,21,23,29,32H,3,7,17-20,22H2,1-2,4-6H3. The molecule has 1 heterocycles. The van der Waals surface area contributed by atoms with Gasteiger partial charge >= 0.3 is 0 Å². The fraction of sp³-hybridized carbons (Fsp3) is 0.419. The first-order chi connectivity index (χ1) is 18.4. The van der Waals surface area contributed by atoms with Gasteiger partial charge in [-0.2, -0.15) is 0 Å². The summed E-state index contributed by atoms with van der Waals surface area (Å²) < 4.78 is 11.5. The quantitative estimate of drug-likeness (QED) is 0.292. The second-order valence-corrected chi connectivity index (χ2v) is 9.67. The number of ether oxygens (including phenoxy) is 2. The summed E-state index contributed by atoms with van der Waals surface area (Å²) in [5.41, 5.74) is 3.79. The van der Waals surface area contributed by atoms with E-state index in [1.807, 2.05) is 61.5 Å². The molecule has 0 aromatic heterocycles. The molecule has 2 aromatic carbocycles. The number of carbonyl (C=O) groups is 1. The van der Waals surface area contributed by atoms with Crippen LogP contribution in [0.4, 0.5) is 0 Å². The van der Waals surface area contributed by atoms with E-state index < -0.39 is 0 Å². The van der Waals surface area contributed by atoms with E-state index in [-0.39, 0.29) is 23.8 Å². The fourth-order valence-corrected chi connectivity index (χ4v) is 4.57. The molecule has 0 radical (unpaired) electrons. The molecule has 1 aliphatic rings. The Morgan fingerprint density at radius 1 is 1.16 bits per heavy atom. The number of nitrogens with one attached hydrogen (secondary N) is 1. The summed E-state index contributed by atoms with van der Waals surface area (Å²) in [6.07, 6.45) is 3.36. The molecule has 0 saturated heterocycles. The van der Waals surface area contributed by atoms with Gasteiger partial charge in [-0.3, -0.25) is 4.79 Å². The lowest BCUT2D eigenvalue weighted by molar-refractivity contribution is -0.126. The molecule has 7 heteroatoms. The van der Waals surface area contributed by atoms with Gasteiger partial charge in [-0.1, -0.05) is 56.3 Å². The van der Waals surface area contributed by atoms with Crippen molar-refractivity contribution in [3.63, 3.8) is 0 Å². The van der Waals surface area contributed by atoms with Crippen molar-refractivity contribution in [2.24, 2.45) is 10.9 Å². The van der Waals surface area contributed by atoms with Crippen LogP contribution in [0, 0.1) is 5.92 Å². The zero-order valence-electron chi connectivity index (χ0n) is 23.4. The van der Waals surface area contributed by atoms with E-state index in [1.54, 1.807) is 6.21 Å². The number of aliphatic imine (C=N–C) groups is 1. The molecule has 0 bridgehead atoms. The van der Waals surface area contributed by atoms with Crippen molar-refractivity contribution in [2.45, 2.75) is 39.3 Å². The average Bonchev–Trinajstić information content (AvgIpc) is 3.06. The Labute approximate surface area is 227 Å². The number of allylic oxidation sites excluding steroid dienone is 1. The number of likely N-dealkylation sites (N-methyl/N-ethyl adjacent to an activating group) is 1. The molecule has 0 spiro atoms. The molecule has 3 rings (SSSR count). The molecule has 38 heavy (non-hydrogen) atoms. The van der Waals surface area contributed by atoms with Crippen molar-refractivity contribution in [3.05, 3.63) is 89.5 Å². The van der Waals surface area contributed by atoms with Crippen LogP contribution in [0.15, 0.2) is 83.3 Å². The maximum Gasteiger partial charge on any atom is 0.257 e. The molecule has 204 valence electrons. The first-order valence-electron chi connectivity index (χ1n) is 13.3. The first-order valence-corrected chi connectivity index (χ1v) is 13.3. The molecular weight excluding hydrogens is 476 g/mol. The third-order valence-corrected chi connectivity index (χ3v) is 6.97. The molecule has 0 fully saturated rings. The van der Waals surface area contributed by atoms with E-state index in [1.165, 1.54) is 7.11 Å². The highest BCUT2D eigenvalue weighted by Crippen LogP contribution is 2.27. The molecule has 1 N–H and O–H groups in total. The van der Waals surface area contributed by atoms with Crippen molar-refractivity contribution in [2.75, 3.05) is 40.8 Å². The van der Waals surface area contributed by atoms with Crippen LogP contribution in [0.5, 0.6) is 5.75 Å². The maximum absolute atomic E-state index is 13.7. The molecule has 2 aromatic rings. The third kappa shape index (κ3) is 7.71. The van der Waals surface area contributed by atoms with Gasteiger partial charge in [0.15, 0.2) is 0 Å². The molecule has 1 amide bonds. The van der Waals surface area contributed by atoms with Crippen LogP contribution in [0.2, 0.25) is 0 Å². The van der Waals surface area contributed by atoms with Gasteiger partial charge in [0.1, 0.15) is 11.9 Å². The van der Waals surface area contributed by atoms with Gasteiger partial charge in [-0.15, -0.1) is 0 Å². The number of carbonyl (C=O) groups excluding carboxylic acids is 1. The van der Waals surface area contributed by atoms with E-state index in [2.05, 4.69) is 47.8 Å². The second kappa shape index (κ2) is 14.4. The van der Waals surface area contributed by atoms with Crippen LogP contribution >= 0.6 is 0 Å². The topological polar surface area (TPSA) is 66.4 Å². The summed E-state index contributed by atoms with van der Waals surface area (Å²) in [6, 6.07) is 18.3. The number of nitrogens with zero attached hydrogens (tertiary/aromatic N) is 3. The van der Waals surface area contributed by atoms with E-state index in [4.69, 9.17) is 9.47 Å². The number of rotatable bonds is 13. The third-order valence-electron chi connectivity index (χ3n) is 6.97. The highest BCUT2D eigenvalue weighted by Gasteiger charge is 2.29. The molecule has 2 unspecified atom stereocenters. The lowest BCUT2D eigenvalue weighted by Gasteiger charge is -2.26. The Morgan fingerprint density at radius 3 is 2.50 bits per heavy atom. The summed E-state index contributed by atoms with van der Waals surface area (Å²) in [5, 5.41) is 3.21. The normalized spacial score (nSPS) is 16.0. The van der Waals surface area contributed by atoms with Crippen LogP contribution in [0.3, 0.4) is 0 Å². The molecule has 0 saturated carbocycles. The van der Waals surface area contributed by atoms with Gasteiger partial charge in [-0.25, -0.2) is 4.99 Å². The molecular formula is C31H42N4O3. The maximum atomic E-state index is 13.7. The lowest BCUT2D eigenvalue weighted by atomic mass is 9.98. The first kappa shape index (κ1) is 29.0. The summed E-state index contributed by atoms with van der Waals surface area (Å²) in [4.78, 5) is 22.1. The zero-order chi connectivity index (χ0) is 27.5.